The number of esters is 4. The van der Waals surface area contributed by atoms with Crippen molar-refractivity contribution in [3.63, 3.8) is 0 Å². The average molecular weight is 604 g/mol. The van der Waals surface area contributed by atoms with Crippen LogP contribution in [-0.4, -0.2) is 48.4 Å². The third kappa shape index (κ3) is 7.04. The lowest BCUT2D eigenvalue weighted by molar-refractivity contribution is -0.134. The molecule has 1 heterocycles. The molecule has 0 saturated carbocycles. The number of hydrogen-bond donors (Lipinski definition) is 0. The van der Waals surface area contributed by atoms with Gasteiger partial charge in [0.15, 0.2) is 28.8 Å². The number of nitrogens with zero attached hydrogens (tertiary/aromatic N) is 1. The summed E-state index contributed by atoms with van der Waals surface area (Å²) in [5.74, 6) is -1.91. The largest absolute Gasteiger partial charge is 0.497 e. The standard InChI is InChI=1S/C32H29NO11/c1-17(34)41-27-9-7-21(11-29(27)43-19(3)36)24-15-33(25-13-23(39-5)14-31(40-6)32(24)25)16-26(38)22-8-10-28(42-18(2)35)30(12-22)44-20(4)37/h7-15H,16H2,1-6H3. The zero-order valence-electron chi connectivity index (χ0n) is 24.8. The molecule has 0 spiro atoms. The van der Waals surface area contributed by atoms with Crippen molar-refractivity contribution < 1.29 is 52.4 Å². The summed E-state index contributed by atoms with van der Waals surface area (Å²) in [4.78, 5) is 60.1. The molecule has 4 aromatic rings. The Hall–Kier alpha value is -5.65. The third-order valence-electron chi connectivity index (χ3n) is 6.22. The SMILES string of the molecule is COc1cc(OC)c2c(-c3ccc(OC(C)=O)c(OC(C)=O)c3)cn(CC(=O)c3ccc(OC(C)=O)c(OC(C)=O)c3)c2c1. The molecular formula is C32H29NO11. The Kier molecular flexibility index (Phi) is 9.32. The number of carbonyl (C=O) groups is 5. The number of carbonyl (C=O) groups excluding carboxylic acids is 5. The molecular weight excluding hydrogens is 574 g/mol. The number of aromatic nitrogens is 1. The average Bonchev–Trinajstić information content (AvgIpc) is 3.31. The van der Waals surface area contributed by atoms with Crippen molar-refractivity contribution in [2.24, 2.45) is 0 Å². The van der Waals surface area contributed by atoms with Gasteiger partial charge in [0.1, 0.15) is 11.5 Å². The van der Waals surface area contributed by atoms with Gasteiger partial charge in [-0.2, -0.15) is 0 Å². The Labute approximate surface area is 252 Å². The van der Waals surface area contributed by atoms with Gasteiger partial charge in [-0.25, -0.2) is 0 Å². The summed E-state index contributed by atoms with van der Waals surface area (Å²) in [5.41, 5.74) is 1.96. The van der Waals surface area contributed by atoms with Gasteiger partial charge >= 0.3 is 23.9 Å². The van der Waals surface area contributed by atoms with E-state index in [0.29, 0.717) is 33.5 Å². The highest BCUT2D eigenvalue weighted by Crippen LogP contribution is 2.42. The number of benzene rings is 3. The molecule has 0 N–H and O–H groups in total. The van der Waals surface area contributed by atoms with Crippen LogP contribution in [0.1, 0.15) is 38.1 Å². The molecule has 0 aliphatic rings. The highest BCUT2D eigenvalue weighted by atomic mass is 16.6. The maximum absolute atomic E-state index is 13.6. The first-order valence-electron chi connectivity index (χ1n) is 13.2. The van der Waals surface area contributed by atoms with Crippen molar-refractivity contribution >= 4 is 40.6 Å². The summed E-state index contributed by atoms with van der Waals surface area (Å²) in [6, 6.07) is 12.3. The van der Waals surface area contributed by atoms with Crippen LogP contribution in [0, 0.1) is 0 Å². The molecule has 228 valence electrons. The number of rotatable bonds is 10. The molecule has 1 aromatic heterocycles. The fourth-order valence-electron chi connectivity index (χ4n) is 4.54. The van der Waals surface area contributed by atoms with Gasteiger partial charge < -0.3 is 33.0 Å². The molecule has 0 aliphatic heterocycles. The van der Waals surface area contributed by atoms with E-state index in [1.807, 2.05) is 0 Å². The molecule has 12 nitrogen and oxygen atoms in total. The van der Waals surface area contributed by atoms with Crippen molar-refractivity contribution in [2.75, 3.05) is 14.2 Å². The van der Waals surface area contributed by atoms with E-state index in [9.17, 15) is 24.0 Å². The minimum absolute atomic E-state index is 0.00629. The van der Waals surface area contributed by atoms with E-state index < -0.39 is 23.9 Å². The van der Waals surface area contributed by atoms with E-state index in [1.165, 1.54) is 66.2 Å². The van der Waals surface area contributed by atoms with Crippen LogP contribution < -0.4 is 28.4 Å². The molecule has 4 rings (SSSR count). The van der Waals surface area contributed by atoms with Crippen molar-refractivity contribution in [3.05, 3.63) is 60.3 Å². The fraction of sp³-hybridized carbons (Fsp3) is 0.219. The van der Waals surface area contributed by atoms with Crippen molar-refractivity contribution in [2.45, 2.75) is 34.2 Å². The monoisotopic (exact) mass is 603 g/mol. The molecule has 0 fully saturated rings. The lowest BCUT2D eigenvalue weighted by Gasteiger charge is -2.12. The Balaban J connectivity index is 1.84. The molecule has 0 radical (unpaired) electrons. The lowest BCUT2D eigenvalue weighted by atomic mass is 10.0. The third-order valence-corrected chi connectivity index (χ3v) is 6.22. The maximum atomic E-state index is 13.6. The van der Waals surface area contributed by atoms with Gasteiger partial charge in [-0.05, 0) is 35.9 Å². The van der Waals surface area contributed by atoms with Gasteiger partial charge in [0.05, 0.1) is 26.3 Å². The first-order valence-corrected chi connectivity index (χ1v) is 13.2. The van der Waals surface area contributed by atoms with Gasteiger partial charge in [0.2, 0.25) is 0 Å². The molecule has 0 saturated heterocycles. The molecule has 44 heavy (non-hydrogen) atoms. The minimum Gasteiger partial charge on any atom is -0.497 e. The van der Waals surface area contributed by atoms with Crippen LogP contribution in [0.25, 0.3) is 22.0 Å². The van der Waals surface area contributed by atoms with E-state index in [2.05, 4.69) is 0 Å². The Morgan fingerprint density at radius 3 is 1.70 bits per heavy atom. The molecule has 0 aliphatic carbocycles. The van der Waals surface area contributed by atoms with Crippen LogP contribution in [0.2, 0.25) is 0 Å². The zero-order valence-corrected chi connectivity index (χ0v) is 24.8. The number of Topliss-reactive ketones (excluding diaryl/α,β-unsaturated/α-hetero) is 1. The topological polar surface area (TPSA) is 146 Å². The van der Waals surface area contributed by atoms with Gasteiger partial charge in [0.25, 0.3) is 0 Å². The summed E-state index contributed by atoms with van der Waals surface area (Å²) in [7, 11) is 3.00. The number of ketones is 1. The van der Waals surface area contributed by atoms with Gasteiger partial charge in [-0.3, -0.25) is 24.0 Å². The number of ether oxygens (including phenoxy) is 6. The Morgan fingerprint density at radius 1 is 0.614 bits per heavy atom. The van der Waals surface area contributed by atoms with Crippen molar-refractivity contribution in [3.8, 4) is 45.6 Å². The molecule has 0 bridgehead atoms. The van der Waals surface area contributed by atoms with E-state index >= 15 is 0 Å². The molecule has 3 aromatic carbocycles. The van der Waals surface area contributed by atoms with Crippen LogP contribution >= 0.6 is 0 Å². The first kappa shape index (κ1) is 31.3. The lowest BCUT2D eigenvalue weighted by Crippen LogP contribution is -2.12. The number of methoxy groups -OCH3 is 2. The quantitative estimate of drug-likeness (QED) is 0.138. The van der Waals surface area contributed by atoms with Crippen LogP contribution in [0.15, 0.2) is 54.7 Å². The Morgan fingerprint density at radius 2 is 1.16 bits per heavy atom. The second kappa shape index (κ2) is 13.1. The second-order valence-electron chi connectivity index (χ2n) is 9.52. The van der Waals surface area contributed by atoms with Crippen molar-refractivity contribution in [1.82, 2.24) is 4.57 Å². The summed E-state index contributed by atoms with van der Waals surface area (Å²) >= 11 is 0. The predicted molar refractivity (Wildman–Crippen MR) is 156 cm³/mol. The van der Waals surface area contributed by atoms with Crippen LogP contribution in [0.4, 0.5) is 0 Å². The van der Waals surface area contributed by atoms with Gasteiger partial charge in [0, 0.05) is 62.5 Å². The van der Waals surface area contributed by atoms with E-state index in [0.717, 1.165) is 0 Å². The van der Waals surface area contributed by atoms with Crippen LogP contribution in [0.3, 0.4) is 0 Å². The number of fused-ring (bicyclic) bond motifs is 1. The zero-order chi connectivity index (χ0) is 32.1. The molecule has 12 heteroatoms. The summed E-state index contributed by atoms with van der Waals surface area (Å²) in [6.07, 6.45) is 1.73. The normalized spacial score (nSPS) is 10.6. The smallest absolute Gasteiger partial charge is 0.308 e. The Bertz CT molecular complexity index is 1800. The van der Waals surface area contributed by atoms with Gasteiger partial charge in [-0.1, -0.05) is 6.07 Å². The molecule has 0 unspecified atom stereocenters. The second-order valence-corrected chi connectivity index (χ2v) is 9.52. The van der Waals surface area contributed by atoms with Crippen LogP contribution in [-0.2, 0) is 25.7 Å². The van der Waals surface area contributed by atoms with E-state index in [-0.39, 0.29) is 40.9 Å². The van der Waals surface area contributed by atoms with Gasteiger partial charge in [-0.15, -0.1) is 0 Å². The highest BCUT2D eigenvalue weighted by Gasteiger charge is 2.22. The predicted octanol–water partition coefficient (Wildman–Crippen LogP) is 4.91. The number of hydrogen-bond acceptors (Lipinski definition) is 11. The fourth-order valence-corrected chi connectivity index (χ4v) is 4.54. The first-order chi connectivity index (χ1) is 20.9. The summed E-state index contributed by atoms with van der Waals surface area (Å²) in [6.45, 7) is 4.68. The van der Waals surface area contributed by atoms with Crippen molar-refractivity contribution in [1.29, 1.82) is 0 Å². The summed E-state index contributed by atoms with van der Waals surface area (Å²) in [5, 5.41) is 0.626. The maximum Gasteiger partial charge on any atom is 0.308 e. The van der Waals surface area contributed by atoms with E-state index in [4.69, 9.17) is 28.4 Å². The molecule has 0 atom stereocenters. The van der Waals surface area contributed by atoms with E-state index in [1.54, 1.807) is 35.0 Å². The van der Waals surface area contributed by atoms with Crippen LogP contribution in [0.5, 0.6) is 34.5 Å². The highest BCUT2D eigenvalue weighted by molar-refractivity contribution is 6.03. The summed E-state index contributed by atoms with van der Waals surface area (Å²) < 4.78 is 33.6. The minimum atomic E-state index is -0.656. The molecule has 0 amide bonds.